The van der Waals surface area contributed by atoms with E-state index < -0.39 is 28.5 Å². The lowest BCUT2D eigenvalue weighted by molar-refractivity contribution is -0.137. The van der Waals surface area contributed by atoms with E-state index in [4.69, 9.17) is 5.26 Å². The summed E-state index contributed by atoms with van der Waals surface area (Å²) in [5.74, 6) is -0.843. The zero-order chi connectivity index (χ0) is 23.8. The van der Waals surface area contributed by atoms with Crippen molar-refractivity contribution in [1.29, 1.82) is 5.26 Å². The quantitative estimate of drug-likeness (QED) is 0.707. The third-order valence-electron chi connectivity index (χ3n) is 6.89. The van der Waals surface area contributed by atoms with Gasteiger partial charge in [0.2, 0.25) is 5.91 Å². The lowest BCUT2D eigenvalue weighted by atomic mass is 9.73. The van der Waals surface area contributed by atoms with Crippen molar-refractivity contribution in [3.8, 4) is 6.07 Å². The highest BCUT2D eigenvalue weighted by Gasteiger charge is 2.50. The number of anilines is 1. The fraction of sp³-hybridized carbons (Fsp3) is 0.417. The highest BCUT2D eigenvalue weighted by atomic mass is 19.4. The molecule has 9 heteroatoms. The van der Waals surface area contributed by atoms with Gasteiger partial charge < -0.3 is 14.9 Å². The maximum Gasteiger partial charge on any atom is 0.417 e. The molecule has 5 nitrogen and oxygen atoms in total. The summed E-state index contributed by atoms with van der Waals surface area (Å²) >= 11 is 0. The summed E-state index contributed by atoms with van der Waals surface area (Å²) in [4.78, 5) is 16.3. The molecule has 1 amide bonds. The molecule has 2 atom stereocenters. The number of nitriles is 1. The van der Waals surface area contributed by atoms with E-state index in [-0.39, 0.29) is 24.9 Å². The summed E-state index contributed by atoms with van der Waals surface area (Å²) in [6.07, 6.45) is -4.23. The molecule has 0 spiro atoms. The fourth-order valence-corrected chi connectivity index (χ4v) is 4.94. The molecule has 2 fully saturated rings. The van der Waals surface area contributed by atoms with Crippen LogP contribution >= 0.6 is 0 Å². The first-order valence-corrected chi connectivity index (χ1v) is 10.7. The topological polar surface area (TPSA) is 67.6 Å². The number of hydrogen-bond donors (Lipinski definition) is 1. The molecule has 2 saturated heterocycles. The Morgan fingerprint density at radius 3 is 2.64 bits per heavy atom. The van der Waals surface area contributed by atoms with Crippen molar-refractivity contribution in [2.24, 2.45) is 11.3 Å². The third-order valence-corrected chi connectivity index (χ3v) is 6.89. The summed E-state index contributed by atoms with van der Waals surface area (Å²) in [6, 6.07) is 11.3. The zero-order valence-corrected chi connectivity index (χ0v) is 17.8. The number of aliphatic hydroxyl groups is 1. The van der Waals surface area contributed by atoms with Gasteiger partial charge in [-0.3, -0.25) is 4.79 Å². The molecule has 0 unspecified atom stereocenters. The summed E-state index contributed by atoms with van der Waals surface area (Å²) in [7, 11) is 0. The summed E-state index contributed by atoms with van der Waals surface area (Å²) in [6.45, 7) is 1.31. The van der Waals surface area contributed by atoms with Crippen molar-refractivity contribution < 1.29 is 27.5 Å². The molecule has 0 bridgehead atoms. The molecule has 2 heterocycles. The minimum absolute atomic E-state index is 0.0881. The molecule has 0 radical (unpaired) electrons. The number of likely N-dealkylation sites (tertiary alicyclic amines) is 1. The summed E-state index contributed by atoms with van der Waals surface area (Å²) in [5.41, 5.74) is -1.30. The maximum atomic E-state index is 14.0. The van der Waals surface area contributed by atoms with Gasteiger partial charge in [0.1, 0.15) is 5.82 Å². The highest BCUT2D eigenvalue weighted by molar-refractivity contribution is 5.79. The number of halogens is 4. The number of alkyl halides is 3. The van der Waals surface area contributed by atoms with Crippen LogP contribution < -0.4 is 4.90 Å². The van der Waals surface area contributed by atoms with Gasteiger partial charge >= 0.3 is 6.18 Å². The minimum Gasteiger partial charge on any atom is -0.396 e. The number of carbonyl (C=O) groups excluding carboxylic acids is 1. The van der Waals surface area contributed by atoms with Gasteiger partial charge in [-0.1, -0.05) is 18.2 Å². The van der Waals surface area contributed by atoms with E-state index in [0.717, 1.165) is 6.07 Å². The smallest absolute Gasteiger partial charge is 0.396 e. The molecule has 2 aromatic carbocycles. The lowest BCUT2D eigenvalue weighted by Gasteiger charge is -2.43. The first-order chi connectivity index (χ1) is 15.7. The number of fused-ring (bicyclic) bond motifs is 1. The van der Waals surface area contributed by atoms with E-state index in [2.05, 4.69) is 0 Å². The van der Waals surface area contributed by atoms with Crippen LogP contribution in [0.2, 0.25) is 0 Å². The fourth-order valence-electron chi connectivity index (χ4n) is 4.94. The van der Waals surface area contributed by atoms with E-state index >= 15 is 0 Å². The second-order valence-electron chi connectivity index (χ2n) is 8.80. The van der Waals surface area contributed by atoms with Crippen molar-refractivity contribution in [1.82, 2.24) is 4.90 Å². The van der Waals surface area contributed by atoms with Gasteiger partial charge in [0, 0.05) is 43.2 Å². The molecular formula is C24H23F4N3O2. The number of hydrogen-bond acceptors (Lipinski definition) is 4. The van der Waals surface area contributed by atoms with Gasteiger partial charge in [-0.15, -0.1) is 0 Å². The van der Waals surface area contributed by atoms with Crippen LogP contribution in [0.4, 0.5) is 23.2 Å². The van der Waals surface area contributed by atoms with Crippen molar-refractivity contribution in [2.45, 2.75) is 19.0 Å². The molecule has 0 aromatic heterocycles. The van der Waals surface area contributed by atoms with E-state index in [1.54, 1.807) is 34.1 Å². The van der Waals surface area contributed by atoms with Crippen LogP contribution in [-0.4, -0.2) is 48.7 Å². The van der Waals surface area contributed by atoms with Gasteiger partial charge in [0.15, 0.2) is 0 Å². The van der Waals surface area contributed by atoms with Gasteiger partial charge in [-0.2, -0.15) is 18.4 Å². The molecular weight excluding hydrogens is 438 g/mol. The zero-order valence-electron chi connectivity index (χ0n) is 17.8. The maximum absolute atomic E-state index is 14.0. The molecule has 1 N–H and O–H groups in total. The molecule has 0 aliphatic carbocycles. The number of nitrogens with zero attached hydrogens (tertiary/aromatic N) is 3. The van der Waals surface area contributed by atoms with Crippen molar-refractivity contribution in [3.05, 3.63) is 65.0 Å². The first-order valence-electron chi connectivity index (χ1n) is 10.7. The molecule has 4 rings (SSSR count). The van der Waals surface area contributed by atoms with Gasteiger partial charge in [-0.05, 0) is 36.2 Å². The van der Waals surface area contributed by atoms with Gasteiger partial charge in [-0.25, -0.2) is 4.39 Å². The standard InChI is InChI=1S/C24H23F4N3O2/c25-21-4-2-1-3-16(21)9-22(33)31-13-18-12-30(8-7-23(18,14-31)15-32)19-6-5-17(11-29)20(10-19)24(26,27)28/h1-6,10,18,32H,7-9,12-15H2/t18-,23+/m1/s1. The SMILES string of the molecule is N#Cc1ccc(N2CC[C@@]3(CO)CN(C(=O)Cc4ccccc4F)C[C@H]3C2)cc1C(F)(F)F. The van der Waals surface area contributed by atoms with Crippen LogP contribution in [-0.2, 0) is 17.4 Å². The van der Waals surface area contributed by atoms with Crippen LogP contribution in [0, 0.1) is 28.5 Å². The Morgan fingerprint density at radius 1 is 1.21 bits per heavy atom. The monoisotopic (exact) mass is 461 g/mol. The van der Waals surface area contributed by atoms with Crippen LogP contribution in [0.15, 0.2) is 42.5 Å². The second kappa shape index (κ2) is 8.67. The Labute approximate surface area is 188 Å². The van der Waals surface area contributed by atoms with E-state index in [0.29, 0.717) is 43.9 Å². The molecule has 2 aliphatic rings. The van der Waals surface area contributed by atoms with Crippen molar-refractivity contribution in [2.75, 3.05) is 37.7 Å². The van der Waals surface area contributed by atoms with Crippen LogP contribution in [0.3, 0.4) is 0 Å². The predicted octanol–water partition coefficient (Wildman–Crippen LogP) is 3.61. The normalized spacial score (nSPS) is 22.7. The third kappa shape index (κ3) is 4.40. The van der Waals surface area contributed by atoms with Crippen LogP contribution in [0.25, 0.3) is 0 Å². The Hall–Kier alpha value is -3.12. The largest absolute Gasteiger partial charge is 0.417 e. The molecule has 33 heavy (non-hydrogen) atoms. The van der Waals surface area contributed by atoms with E-state index in [1.165, 1.54) is 18.2 Å². The van der Waals surface area contributed by atoms with Gasteiger partial charge in [0.05, 0.1) is 30.2 Å². The number of rotatable bonds is 4. The molecule has 174 valence electrons. The molecule has 0 saturated carbocycles. The Morgan fingerprint density at radius 2 is 1.97 bits per heavy atom. The average Bonchev–Trinajstić information content (AvgIpc) is 3.19. The number of carbonyl (C=O) groups is 1. The lowest BCUT2D eigenvalue weighted by Crippen LogP contribution is -2.49. The van der Waals surface area contributed by atoms with E-state index in [1.807, 2.05) is 0 Å². The van der Waals surface area contributed by atoms with Gasteiger partial charge in [0.25, 0.3) is 0 Å². The van der Waals surface area contributed by atoms with Crippen molar-refractivity contribution >= 4 is 11.6 Å². The first kappa shape index (κ1) is 23.1. The average molecular weight is 461 g/mol. The summed E-state index contributed by atoms with van der Waals surface area (Å²) in [5, 5.41) is 19.2. The second-order valence-corrected chi connectivity index (χ2v) is 8.80. The minimum atomic E-state index is -4.64. The Bertz CT molecular complexity index is 1100. The summed E-state index contributed by atoms with van der Waals surface area (Å²) < 4.78 is 54.1. The number of amides is 1. The number of piperidine rings is 1. The van der Waals surface area contributed by atoms with Crippen LogP contribution in [0.5, 0.6) is 0 Å². The molecule has 2 aliphatic heterocycles. The van der Waals surface area contributed by atoms with Crippen molar-refractivity contribution in [3.63, 3.8) is 0 Å². The van der Waals surface area contributed by atoms with E-state index in [9.17, 15) is 27.5 Å². The number of aliphatic hydroxyl groups excluding tert-OH is 1. The number of benzene rings is 2. The Balaban J connectivity index is 1.52. The molecule has 2 aromatic rings. The Kier molecular flexibility index (Phi) is 6.06. The highest BCUT2D eigenvalue weighted by Crippen LogP contribution is 2.44. The van der Waals surface area contributed by atoms with Crippen LogP contribution in [0.1, 0.15) is 23.1 Å². The predicted molar refractivity (Wildman–Crippen MR) is 113 cm³/mol.